The van der Waals surface area contributed by atoms with Crippen LogP contribution in [0, 0.1) is 10.1 Å². The number of phenolic OH excluding ortho intramolecular Hbond substituents is 1. The third kappa shape index (κ3) is 6.43. The topological polar surface area (TPSA) is 139 Å². The molecule has 3 rings (SSSR count). The van der Waals surface area contributed by atoms with Gasteiger partial charge < -0.3 is 10.4 Å². The van der Waals surface area contributed by atoms with Crippen molar-refractivity contribution >= 4 is 44.6 Å². The van der Waals surface area contributed by atoms with E-state index in [9.17, 15) is 28.4 Å². The molecular weight excluding hydrogens is 530 g/mol. The molecule has 0 radical (unpaired) electrons. The summed E-state index contributed by atoms with van der Waals surface area (Å²) < 4.78 is 28.9. The van der Waals surface area contributed by atoms with Gasteiger partial charge in [0.15, 0.2) is 0 Å². The average molecular weight is 560 g/mol. The van der Waals surface area contributed by atoms with Crippen molar-refractivity contribution in [2.45, 2.75) is 57.3 Å². The zero-order valence-electron chi connectivity index (χ0n) is 21.9. The lowest BCUT2D eigenvalue weighted by molar-refractivity contribution is -0.384. The maximum atomic E-state index is 13.2. The smallest absolute Gasteiger partial charge is 0.270 e. The Labute approximate surface area is 227 Å². The van der Waals surface area contributed by atoms with Crippen LogP contribution in [0.25, 0.3) is 0 Å². The molecular formula is C27H30ClN3O6S. The van der Waals surface area contributed by atoms with Gasteiger partial charge in [0.2, 0.25) is 0 Å². The molecule has 9 nitrogen and oxygen atoms in total. The van der Waals surface area contributed by atoms with Gasteiger partial charge in [0.05, 0.1) is 20.4 Å². The molecule has 0 spiro atoms. The molecule has 38 heavy (non-hydrogen) atoms. The van der Waals surface area contributed by atoms with Crippen molar-refractivity contribution in [3.63, 3.8) is 0 Å². The van der Waals surface area contributed by atoms with Gasteiger partial charge in [-0.15, -0.1) is 0 Å². The van der Waals surface area contributed by atoms with E-state index in [2.05, 4.69) is 10.0 Å². The number of halogens is 1. The van der Waals surface area contributed by atoms with E-state index in [-0.39, 0.29) is 32.6 Å². The number of nitrogens with one attached hydrogen (secondary N) is 2. The van der Waals surface area contributed by atoms with E-state index in [0.717, 1.165) is 6.07 Å². The highest BCUT2D eigenvalue weighted by Gasteiger charge is 2.28. The third-order valence-corrected chi connectivity index (χ3v) is 7.53. The number of amides is 1. The molecule has 3 aromatic carbocycles. The second-order valence-electron chi connectivity index (χ2n) is 10.9. The fourth-order valence-corrected chi connectivity index (χ4v) is 5.01. The zero-order valence-corrected chi connectivity index (χ0v) is 23.5. The van der Waals surface area contributed by atoms with Crippen LogP contribution in [0.4, 0.5) is 17.1 Å². The Morgan fingerprint density at radius 2 is 1.42 bits per heavy atom. The summed E-state index contributed by atoms with van der Waals surface area (Å²) in [7, 11) is -4.01. The van der Waals surface area contributed by atoms with Crippen LogP contribution in [-0.4, -0.2) is 24.4 Å². The lowest BCUT2D eigenvalue weighted by Crippen LogP contribution is -2.19. The van der Waals surface area contributed by atoms with E-state index >= 15 is 0 Å². The van der Waals surface area contributed by atoms with Crippen LogP contribution < -0.4 is 10.0 Å². The Kier molecular flexibility index (Phi) is 7.81. The maximum Gasteiger partial charge on any atom is 0.270 e. The molecule has 0 fully saturated rings. The van der Waals surface area contributed by atoms with Gasteiger partial charge in [-0.05, 0) is 53.3 Å². The standard InChI is InChI=1S/C27H30ClN3O6S/c1-26(2,3)21-13-17(14-22(24(21)32)27(4,5)6)30-38(36,37)19-10-7-16(8-11-19)29-25(33)20-15-18(31(34)35)9-12-23(20)28/h7-15,30,32H,1-6H3,(H,29,33). The van der Waals surface area contributed by atoms with Crippen molar-refractivity contribution in [1.82, 2.24) is 0 Å². The summed E-state index contributed by atoms with van der Waals surface area (Å²) in [6.07, 6.45) is 0. The number of carbonyl (C=O) groups excluding carboxylic acids is 1. The predicted molar refractivity (Wildman–Crippen MR) is 149 cm³/mol. The summed E-state index contributed by atoms with van der Waals surface area (Å²) >= 11 is 6.03. The number of nitrogens with zero attached hydrogens (tertiary/aromatic N) is 1. The molecule has 3 N–H and O–H groups in total. The lowest BCUT2D eigenvalue weighted by atomic mass is 9.79. The predicted octanol–water partition coefficient (Wildman–Crippen LogP) is 6.60. The first kappa shape index (κ1) is 28.9. The molecule has 0 atom stereocenters. The largest absolute Gasteiger partial charge is 0.507 e. The van der Waals surface area contributed by atoms with E-state index in [1.807, 2.05) is 41.5 Å². The van der Waals surface area contributed by atoms with Gasteiger partial charge in [0, 0.05) is 34.6 Å². The van der Waals surface area contributed by atoms with Crippen molar-refractivity contribution in [2.24, 2.45) is 0 Å². The average Bonchev–Trinajstić information content (AvgIpc) is 2.79. The zero-order chi connectivity index (χ0) is 28.6. The molecule has 0 aliphatic heterocycles. The van der Waals surface area contributed by atoms with Gasteiger partial charge in [-0.1, -0.05) is 53.1 Å². The molecule has 0 bridgehead atoms. The SMILES string of the molecule is CC(C)(C)c1cc(NS(=O)(=O)c2ccc(NC(=O)c3cc([N+](=O)[O-])ccc3Cl)cc2)cc(C(C)(C)C)c1O. The van der Waals surface area contributed by atoms with Crippen molar-refractivity contribution < 1.29 is 23.2 Å². The number of carbonyl (C=O) groups is 1. The van der Waals surface area contributed by atoms with Gasteiger partial charge >= 0.3 is 0 Å². The number of sulfonamides is 1. The van der Waals surface area contributed by atoms with Crippen molar-refractivity contribution in [3.05, 3.63) is 86.4 Å². The van der Waals surface area contributed by atoms with Gasteiger partial charge in [0.25, 0.3) is 21.6 Å². The van der Waals surface area contributed by atoms with Gasteiger partial charge in [-0.2, -0.15) is 0 Å². The highest BCUT2D eigenvalue weighted by Crippen LogP contribution is 2.41. The molecule has 0 unspecified atom stereocenters. The van der Waals surface area contributed by atoms with Crippen LogP contribution in [0.5, 0.6) is 5.75 Å². The van der Waals surface area contributed by atoms with E-state index in [4.69, 9.17) is 11.6 Å². The second-order valence-corrected chi connectivity index (χ2v) is 13.0. The highest BCUT2D eigenvalue weighted by molar-refractivity contribution is 7.92. The van der Waals surface area contributed by atoms with Crippen LogP contribution in [0.15, 0.2) is 59.5 Å². The summed E-state index contributed by atoms with van der Waals surface area (Å²) in [5.41, 5.74) is 0.560. The van der Waals surface area contributed by atoms with E-state index in [1.165, 1.54) is 36.4 Å². The van der Waals surface area contributed by atoms with Crippen molar-refractivity contribution in [3.8, 4) is 5.75 Å². The Morgan fingerprint density at radius 1 is 0.895 bits per heavy atom. The molecule has 0 aliphatic carbocycles. The number of rotatable bonds is 6. The number of phenols is 1. The molecule has 0 saturated carbocycles. The molecule has 0 aromatic heterocycles. The van der Waals surface area contributed by atoms with Crippen molar-refractivity contribution in [1.29, 1.82) is 0 Å². The number of anilines is 2. The van der Waals surface area contributed by atoms with Crippen molar-refractivity contribution in [2.75, 3.05) is 10.0 Å². The molecule has 3 aromatic rings. The summed E-state index contributed by atoms with van der Waals surface area (Å²) in [6, 6.07) is 12.2. The van der Waals surface area contributed by atoms with E-state index in [0.29, 0.717) is 16.8 Å². The minimum Gasteiger partial charge on any atom is -0.507 e. The lowest BCUT2D eigenvalue weighted by Gasteiger charge is -2.28. The number of aromatic hydroxyl groups is 1. The molecule has 11 heteroatoms. The number of hydrogen-bond donors (Lipinski definition) is 3. The van der Waals surface area contributed by atoms with E-state index in [1.54, 1.807) is 12.1 Å². The Hall–Kier alpha value is -3.63. The van der Waals surface area contributed by atoms with Crippen LogP contribution in [0.3, 0.4) is 0 Å². The first-order valence-corrected chi connectivity index (χ1v) is 13.5. The molecule has 0 aliphatic rings. The Morgan fingerprint density at radius 3 is 1.89 bits per heavy atom. The van der Waals surface area contributed by atoms with Gasteiger partial charge in [-0.25, -0.2) is 8.42 Å². The maximum absolute atomic E-state index is 13.2. The minimum absolute atomic E-state index is 0.0367. The van der Waals surface area contributed by atoms with Gasteiger partial charge in [-0.3, -0.25) is 19.6 Å². The Bertz CT molecular complexity index is 1470. The second kappa shape index (κ2) is 10.3. The highest BCUT2D eigenvalue weighted by atomic mass is 35.5. The number of non-ortho nitro benzene ring substituents is 1. The van der Waals surface area contributed by atoms with Crippen LogP contribution in [-0.2, 0) is 20.9 Å². The molecule has 0 saturated heterocycles. The third-order valence-electron chi connectivity index (χ3n) is 5.81. The fourth-order valence-electron chi connectivity index (χ4n) is 3.77. The first-order valence-electron chi connectivity index (χ1n) is 11.7. The van der Waals surface area contributed by atoms with Crippen LogP contribution >= 0.6 is 11.6 Å². The molecule has 202 valence electrons. The minimum atomic E-state index is -4.01. The molecule has 1 amide bonds. The summed E-state index contributed by atoms with van der Waals surface area (Å²) in [4.78, 5) is 22.9. The Balaban J connectivity index is 1.88. The first-order chi connectivity index (χ1) is 17.4. The normalized spacial score (nSPS) is 12.2. The number of nitro benzene ring substituents is 1. The summed E-state index contributed by atoms with van der Waals surface area (Å²) in [5, 5.41) is 24.5. The number of hydrogen-bond acceptors (Lipinski definition) is 6. The number of benzene rings is 3. The van der Waals surface area contributed by atoms with Gasteiger partial charge in [0.1, 0.15) is 5.75 Å². The number of nitro groups is 1. The van der Waals surface area contributed by atoms with Crippen LogP contribution in [0.2, 0.25) is 5.02 Å². The fraction of sp³-hybridized carbons (Fsp3) is 0.296. The van der Waals surface area contributed by atoms with E-state index < -0.39 is 31.7 Å². The summed E-state index contributed by atoms with van der Waals surface area (Å²) in [6.45, 7) is 11.6. The summed E-state index contributed by atoms with van der Waals surface area (Å²) in [5.74, 6) is -0.544. The monoisotopic (exact) mass is 559 g/mol. The molecule has 0 heterocycles. The quantitative estimate of drug-likeness (QED) is 0.176. The van der Waals surface area contributed by atoms with Crippen LogP contribution in [0.1, 0.15) is 63.0 Å².